The second kappa shape index (κ2) is 17.5. The fourth-order valence-electron chi connectivity index (χ4n) is 5.56. The van der Waals surface area contributed by atoms with Crippen molar-refractivity contribution in [1.29, 1.82) is 0 Å². The Kier molecular flexibility index (Phi) is 13.5. The van der Waals surface area contributed by atoms with Crippen LogP contribution in [0, 0.1) is 0 Å². The number of aliphatic carboxylic acids is 2. The minimum atomic E-state index is -1.82. The summed E-state index contributed by atoms with van der Waals surface area (Å²) < 4.78 is 0. The van der Waals surface area contributed by atoms with Crippen molar-refractivity contribution < 1.29 is 54.0 Å². The highest BCUT2D eigenvalue weighted by Crippen LogP contribution is 2.33. The molecule has 0 saturated carbocycles. The molecule has 3 atom stereocenters. The minimum absolute atomic E-state index is 0.0189. The number of phenolic OH excluding ortho intramolecular Hbond substituents is 1. The van der Waals surface area contributed by atoms with Gasteiger partial charge in [0.2, 0.25) is 11.8 Å². The zero-order valence-electron chi connectivity index (χ0n) is 28.2. The molecular weight excluding hydrogens is 664 g/mol. The van der Waals surface area contributed by atoms with E-state index in [1.165, 1.54) is 61.5 Å². The van der Waals surface area contributed by atoms with Crippen LogP contribution in [0.1, 0.15) is 71.0 Å². The zero-order valence-corrected chi connectivity index (χ0v) is 28.2. The first-order valence-electron chi connectivity index (χ1n) is 16.0. The Morgan fingerprint density at radius 1 is 0.784 bits per heavy atom. The molecule has 3 aromatic rings. The number of carbonyl (C=O) groups excluding carboxylic acids is 4. The van der Waals surface area contributed by atoms with E-state index in [0.29, 0.717) is 17.5 Å². The Morgan fingerprint density at radius 3 is 2.06 bits per heavy atom. The normalized spacial score (nSPS) is 12.5. The molecular formula is C36H40N4O11. The number of aromatic hydroxyl groups is 1. The molecule has 15 nitrogen and oxygen atoms in total. The van der Waals surface area contributed by atoms with Crippen molar-refractivity contribution in [2.24, 2.45) is 5.73 Å². The summed E-state index contributed by atoms with van der Waals surface area (Å²) in [5.74, 6) is -8.01. The standard InChI is InChI=1S/C36H40N4O11/c1-4-8-27(31(43)25-18-23(42)13-12-22(25)17-26(37)35(48)49)39-32(44)28(38-19(3)41)16-20-11-14-29(21(5-2)15-20)40(33(45)36(50)51)30-10-7-6-9-24(30)34(46)47/h6-7,9-15,18,26-28,42H,4-5,8,16-17,37H2,1-3H3,(H,38,41)(H,39,44)(H,46,47)(H,48,49)(H,50,51)/t26-,27?,28?/m0/s1. The predicted octanol–water partition coefficient (Wildman–Crippen LogP) is 2.57. The SMILES string of the molecule is CCCC(NC(=O)C(Cc1ccc(N(C(=O)C(=O)O)c2ccccc2C(=O)O)c(CC)c1)NC(C)=O)C(=O)c1cc(O)ccc1C[C@H](N)C(=O)O. The van der Waals surface area contributed by atoms with E-state index < -0.39 is 59.5 Å². The quantitative estimate of drug-likeness (QED) is 0.0839. The Balaban J connectivity index is 1.98. The number of aromatic carboxylic acids is 1. The van der Waals surface area contributed by atoms with Crippen LogP contribution in [0.5, 0.6) is 5.75 Å². The van der Waals surface area contributed by atoms with E-state index in [1.54, 1.807) is 19.9 Å². The van der Waals surface area contributed by atoms with Gasteiger partial charge in [0, 0.05) is 18.9 Å². The highest BCUT2D eigenvalue weighted by molar-refractivity contribution is 6.39. The summed E-state index contributed by atoms with van der Waals surface area (Å²) in [7, 11) is 0. The number of benzene rings is 3. The molecule has 0 aliphatic carbocycles. The summed E-state index contributed by atoms with van der Waals surface area (Å²) in [6.07, 6.45) is 0.545. The van der Waals surface area contributed by atoms with E-state index in [-0.39, 0.29) is 59.5 Å². The Labute approximate surface area is 293 Å². The average molecular weight is 705 g/mol. The lowest BCUT2D eigenvalue weighted by atomic mass is 9.92. The largest absolute Gasteiger partial charge is 0.508 e. The van der Waals surface area contributed by atoms with Gasteiger partial charge in [-0.15, -0.1) is 0 Å². The fraction of sp³-hybridized carbons (Fsp3) is 0.306. The lowest BCUT2D eigenvalue weighted by Crippen LogP contribution is -2.52. The number of carboxylic acids is 3. The Hall–Kier alpha value is -6.09. The molecule has 0 radical (unpaired) electrons. The molecule has 8 N–H and O–H groups in total. The van der Waals surface area contributed by atoms with Crippen molar-refractivity contribution >= 4 is 52.8 Å². The molecule has 0 saturated heterocycles. The molecule has 0 aliphatic rings. The van der Waals surface area contributed by atoms with Crippen molar-refractivity contribution in [1.82, 2.24) is 10.6 Å². The van der Waals surface area contributed by atoms with E-state index >= 15 is 0 Å². The number of amides is 3. The van der Waals surface area contributed by atoms with Gasteiger partial charge in [-0.25, -0.2) is 9.59 Å². The third-order valence-electron chi connectivity index (χ3n) is 7.99. The minimum Gasteiger partial charge on any atom is -0.508 e. The van der Waals surface area contributed by atoms with Crippen molar-refractivity contribution in [2.75, 3.05) is 4.90 Å². The maximum Gasteiger partial charge on any atom is 0.395 e. The van der Waals surface area contributed by atoms with Crippen LogP contribution in [0.2, 0.25) is 0 Å². The number of nitrogens with two attached hydrogens (primary N) is 1. The maximum atomic E-state index is 13.8. The smallest absolute Gasteiger partial charge is 0.395 e. The number of anilines is 2. The number of Topliss-reactive ketones (excluding diaryl/α,β-unsaturated/α-hetero) is 1. The summed E-state index contributed by atoms with van der Waals surface area (Å²) in [5, 5.41) is 44.0. The van der Waals surface area contributed by atoms with Gasteiger partial charge in [-0.1, -0.05) is 50.6 Å². The first kappa shape index (κ1) is 39.3. The molecule has 0 bridgehead atoms. The molecule has 2 unspecified atom stereocenters. The summed E-state index contributed by atoms with van der Waals surface area (Å²) in [4.78, 5) is 88.6. The maximum absolute atomic E-state index is 13.8. The van der Waals surface area contributed by atoms with Crippen LogP contribution in [0.3, 0.4) is 0 Å². The molecule has 15 heteroatoms. The topological polar surface area (TPSA) is 254 Å². The summed E-state index contributed by atoms with van der Waals surface area (Å²) in [6.45, 7) is 4.71. The number of ketones is 1. The van der Waals surface area contributed by atoms with Gasteiger partial charge < -0.3 is 36.8 Å². The summed E-state index contributed by atoms with van der Waals surface area (Å²) in [5.41, 5.74) is 6.48. The number of hydrogen-bond acceptors (Lipinski definition) is 9. The van der Waals surface area contributed by atoms with E-state index in [1.807, 2.05) is 0 Å². The van der Waals surface area contributed by atoms with Crippen LogP contribution in [0.15, 0.2) is 60.7 Å². The van der Waals surface area contributed by atoms with E-state index in [9.17, 15) is 54.0 Å². The molecule has 0 spiro atoms. The van der Waals surface area contributed by atoms with Crippen molar-refractivity contribution in [3.8, 4) is 5.75 Å². The number of nitrogens with one attached hydrogen (secondary N) is 2. The molecule has 0 fully saturated rings. The van der Waals surface area contributed by atoms with Crippen LogP contribution in [0.25, 0.3) is 0 Å². The van der Waals surface area contributed by atoms with Crippen LogP contribution < -0.4 is 21.3 Å². The van der Waals surface area contributed by atoms with Gasteiger partial charge in [-0.05, 0) is 66.3 Å². The molecule has 270 valence electrons. The van der Waals surface area contributed by atoms with Gasteiger partial charge in [0.1, 0.15) is 17.8 Å². The van der Waals surface area contributed by atoms with E-state index in [4.69, 9.17) is 5.73 Å². The van der Waals surface area contributed by atoms with E-state index in [0.717, 1.165) is 4.90 Å². The molecule has 3 aromatic carbocycles. The molecule has 0 heterocycles. The van der Waals surface area contributed by atoms with Gasteiger partial charge in [0.25, 0.3) is 0 Å². The second-order valence-corrected chi connectivity index (χ2v) is 11.7. The Morgan fingerprint density at radius 2 is 1.47 bits per heavy atom. The second-order valence-electron chi connectivity index (χ2n) is 11.7. The third kappa shape index (κ3) is 9.98. The molecule has 0 aliphatic heterocycles. The third-order valence-corrected chi connectivity index (χ3v) is 7.99. The molecule has 3 rings (SSSR count). The average Bonchev–Trinajstić information content (AvgIpc) is 3.08. The number of carboxylic acid groups (broad SMARTS) is 3. The van der Waals surface area contributed by atoms with E-state index in [2.05, 4.69) is 10.6 Å². The lowest BCUT2D eigenvalue weighted by Gasteiger charge is -2.26. The first-order chi connectivity index (χ1) is 24.1. The van der Waals surface area contributed by atoms with Gasteiger partial charge >= 0.3 is 23.8 Å². The Bertz CT molecular complexity index is 1840. The van der Waals surface area contributed by atoms with Crippen LogP contribution in [-0.4, -0.2) is 80.0 Å². The fourth-order valence-corrected chi connectivity index (χ4v) is 5.56. The van der Waals surface area contributed by atoms with Crippen molar-refractivity contribution in [2.45, 2.75) is 71.0 Å². The van der Waals surface area contributed by atoms with Crippen LogP contribution >= 0.6 is 0 Å². The highest BCUT2D eigenvalue weighted by Gasteiger charge is 2.31. The number of nitrogens with zero attached hydrogens (tertiary/aromatic N) is 1. The van der Waals surface area contributed by atoms with Gasteiger partial charge in [-0.2, -0.15) is 0 Å². The van der Waals surface area contributed by atoms with Crippen molar-refractivity contribution in [3.63, 3.8) is 0 Å². The number of phenols is 1. The molecule has 0 aromatic heterocycles. The highest BCUT2D eigenvalue weighted by atomic mass is 16.4. The van der Waals surface area contributed by atoms with Gasteiger partial charge in [0.05, 0.1) is 23.0 Å². The molecule has 51 heavy (non-hydrogen) atoms. The zero-order chi connectivity index (χ0) is 38.0. The number of rotatable bonds is 16. The van der Waals surface area contributed by atoms with Crippen LogP contribution in [0.4, 0.5) is 11.4 Å². The monoisotopic (exact) mass is 704 g/mol. The van der Waals surface area contributed by atoms with Crippen molar-refractivity contribution in [3.05, 3.63) is 88.5 Å². The van der Waals surface area contributed by atoms with Gasteiger partial charge in [0.15, 0.2) is 5.78 Å². The van der Waals surface area contributed by atoms with Crippen LogP contribution in [-0.2, 0) is 43.2 Å². The number of hydrogen-bond donors (Lipinski definition) is 7. The van der Waals surface area contributed by atoms with Gasteiger partial charge in [-0.3, -0.25) is 28.9 Å². The number of para-hydroxylation sites is 1. The predicted molar refractivity (Wildman–Crippen MR) is 184 cm³/mol. The number of carbonyl (C=O) groups is 7. The summed E-state index contributed by atoms with van der Waals surface area (Å²) in [6, 6.07) is 10.1. The first-order valence-corrected chi connectivity index (χ1v) is 16.0. The number of aryl methyl sites for hydroxylation is 1. The molecule has 3 amide bonds. The summed E-state index contributed by atoms with van der Waals surface area (Å²) >= 11 is 0. The lowest BCUT2D eigenvalue weighted by molar-refractivity contribution is -0.148.